The summed E-state index contributed by atoms with van der Waals surface area (Å²) in [6.07, 6.45) is 1.84. The Bertz CT molecular complexity index is 604. The molecule has 0 saturated heterocycles. The van der Waals surface area contributed by atoms with Gasteiger partial charge in [-0.15, -0.1) is 0 Å². The highest BCUT2D eigenvalue weighted by molar-refractivity contribution is 5.63. The van der Waals surface area contributed by atoms with E-state index in [2.05, 4.69) is 40.6 Å². The molecule has 0 amide bonds. The first-order chi connectivity index (χ1) is 10.4. The summed E-state index contributed by atoms with van der Waals surface area (Å²) in [5.74, 6) is 0. The van der Waals surface area contributed by atoms with Crippen LogP contribution >= 0.6 is 0 Å². The first kappa shape index (κ1) is 16.7. The Hall–Kier alpha value is -1.69. The van der Waals surface area contributed by atoms with Crippen molar-refractivity contribution in [2.45, 2.75) is 26.0 Å². The molecular formula is C17H26N4O. The Morgan fingerprint density at radius 1 is 1.36 bits per heavy atom. The van der Waals surface area contributed by atoms with Crippen molar-refractivity contribution in [2.75, 3.05) is 27.2 Å². The van der Waals surface area contributed by atoms with Gasteiger partial charge in [0, 0.05) is 30.8 Å². The second-order valence-electron chi connectivity index (χ2n) is 6.48. The van der Waals surface area contributed by atoms with Crippen molar-refractivity contribution in [1.29, 1.82) is 0 Å². The van der Waals surface area contributed by atoms with Crippen molar-refractivity contribution < 1.29 is 5.11 Å². The van der Waals surface area contributed by atoms with Gasteiger partial charge in [-0.25, -0.2) is 0 Å². The van der Waals surface area contributed by atoms with Crippen LogP contribution in [0.3, 0.4) is 0 Å². The first-order valence-electron chi connectivity index (χ1n) is 7.54. The predicted molar refractivity (Wildman–Crippen MR) is 89.6 cm³/mol. The van der Waals surface area contributed by atoms with Gasteiger partial charge in [0.1, 0.15) is 0 Å². The summed E-state index contributed by atoms with van der Waals surface area (Å²) in [6, 6.07) is 8.34. The van der Waals surface area contributed by atoms with Gasteiger partial charge in [0.25, 0.3) is 0 Å². The van der Waals surface area contributed by atoms with Crippen LogP contribution in [0.1, 0.15) is 18.1 Å². The number of likely N-dealkylation sites (N-methyl/N-ethyl adjacent to an activating group) is 1. The maximum Gasteiger partial charge on any atom is 0.0869 e. The molecule has 0 aliphatic carbocycles. The number of H-pyrrole nitrogens is 1. The number of nitrogens with zero attached hydrogens (tertiary/aromatic N) is 2. The zero-order valence-corrected chi connectivity index (χ0v) is 13.8. The SMILES string of the molecule is Cc1cccc(-c2[nH]ncc2CNCC(C)(O)CN(C)C)c1. The maximum atomic E-state index is 10.3. The lowest BCUT2D eigenvalue weighted by Gasteiger charge is -2.27. The molecule has 0 radical (unpaired) electrons. The smallest absolute Gasteiger partial charge is 0.0869 e. The fourth-order valence-electron chi connectivity index (χ4n) is 2.70. The lowest BCUT2D eigenvalue weighted by Crippen LogP contribution is -2.45. The molecule has 1 unspecified atom stereocenters. The van der Waals surface area contributed by atoms with Crippen LogP contribution in [0.2, 0.25) is 0 Å². The Morgan fingerprint density at radius 3 is 2.82 bits per heavy atom. The fraction of sp³-hybridized carbons (Fsp3) is 0.471. The minimum atomic E-state index is -0.753. The molecule has 1 atom stereocenters. The van der Waals surface area contributed by atoms with Gasteiger partial charge in [0.2, 0.25) is 0 Å². The van der Waals surface area contributed by atoms with E-state index in [1.807, 2.05) is 38.2 Å². The third-order valence-corrected chi connectivity index (χ3v) is 3.50. The lowest BCUT2D eigenvalue weighted by atomic mass is 10.0. The number of aliphatic hydroxyl groups is 1. The van der Waals surface area contributed by atoms with Crippen LogP contribution in [0.5, 0.6) is 0 Å². The standard InChI is InChI=1S/C17H26N4O/c1-13-6-5-7-14(8-13)16-15(10-19-20-16)9-18-11-17(2,22)12-21(3)4/h5-8,10,18,22H,9,11-12H2,1-4H3,(H,19,20). The van der Waals surface area contributed by atoms with Crippen LogP contribution < -0.4 is 5.32 Å². The summed E-state index contributed by atoms with van der Waals surface area (Å²) in [5, 5.41) is 20.9. The summed E-state index contributed by atoms with van der Waals surface area (Å²) in [5.41, 5.74) is 3.74. The third-order valence-electron chi connectivity index (χ3n) is 3.50. The van der Waals surface area contributed by atoms with E-state index < -0.39 is 5.60 Å². The van der Waals surface area contributed by atoms with Gasteiger partial charge in [0.05, 0.1) is 17.5 Å². The van der Waals surface area contributed by atoms with E-state index in [1.165, 1.54) is 5.56 Å². The predicted octanol–water partition coefficient (Wildman–Crippen LogP) is 1.79. The number of aromatic nitrogens is 2. The van der Waals surface area contributed by atoms with E-state index in [4.69, 9.17) is 0 Å². The molecule has 0 saturated carbocycles. The first-order valence-corrected chi connectivity index (χ1v) is 7.54. The molecule has 2 aromatic rings. The second-order valence-corrected chi connectivity index (χ2v) is 6.48. The Balaban J connectivity index is 1.99. The highest BCUT2D eigenvalue weighted by atomic mass is 16.3. The van der Waals surface area contributed by atoms with Gasteiger partial charge in [-0.2, -0.15) is 5.10 Å². The molecule has 3 N–H and O–H groups in total. The zero-order chi connectivity index (χ0) is 16.2. The van der Waals surface area contributed by atoms with Crippen molar-refractivity contribution >= 4 is 0 Å². The molecule has 0 bridgehead atoms. The largest absolute Gasteiger partial charge is 0.388 e. The molecule has 0 fully saturated rings. The number of nitrogens with one attached hydrogen (secondary N) is 2. The zero-order valence-electron chi connectivity index (χ0n) is 13.8. The molecule has 1 aromatic heterocycles. The monoisotopic (exact) mass is 302 g/mol. The molecule has 1 aromatic carbocycles. The van der Waals surface area contributed by atoms with Crippen molar-refractivity contribution in [2.24, 2.45) is 0 Å². The van der Waals surface area contributed by atoms with Crippen molar-refractivity contribution in [3.05, 3.63) is 41.6 Å². The highest BCUT2D eigenvalue weighted by Crippen LogP contribution is 2.21. The average Bonchev–Trinajstić information content (AvgIpc) is 2.85. The molecule has 1 heterocycles. The van der Waals surface area contributed by atoms with Gasteiger partial charge in [-0.1, -0.05) is 23.8 Å². The molecule has 0 spiro atoms. The normalized spacial score (nSPS) is 14.3. The van der Waals surface area contributed by atoms with Gasteiger partial charge in [-0.05, 0) is 34.0 Å². The van der Waals surface area contributed by atoms with Gasteiger partial charge in [-0.3, -0.25) is 5.10 Å². The summed E-state index contributed by atoms with van der Waals surface area (Å²) >= 11 is 0. The molecule has 5 nitrogen and oxygen atoms in total. The van der Waals surface area contributed by atoms with Gasteiger partial charge >= 0.3 is 0 Å². The summed E-state index contributed by atoms with van der Waals surface area (Å²) in [7, 11) is 3.92. The number of benzene rings is 1. The molecule has 2 rings (SSSR count). The average molecular weight is 302 g/mol. The molecule has 0 aliphatic heterocycles. The van der Waals surface area contributed by atoms with Crippen LogP contribution in [0.25, 0.3) is 11.3 Å². The third kappa shape index (κ3) is 4.66. The van der Waals surface area contributed by atoms with Crippen molar-refractivity contribution in [3.63, 3.8) is 0 Å². The lowest BCUT2D eigenvalue weighted by molar-refractivity contribution is 0.0336. The number of aromatic amines is 1. The molecule has 5 heteroatoms. The van der Waals surface area contributed by atoms with Crippen LogP contribution in [0.4, 0.5) is 0 Å². The summed E-state index contributed by atoms with van der Waals surface area (Å²) in [6.45, 7) is 5.75. The minimum absolute atomic E-state index is 0.531. The minimum Gasteiger partial charge on any atom is -0.388 e. The van der Waals surface area contributed by atoms with E-state index in [0.717, 1.165) is 16.8 Å². The van der Waals surface area contributed by atoms with E-state index in [0.29, 0.717) is 19.6 Å². The van der Waals surface area contributed by atoms with Crippen LogP contribution in [-0.4, -0.2) is 53.0 Å². The molecule has 22 heavy (non-hydrogen) atoms. The molecular weight excluding hydrogens is 276 g/mol. The fourth-order valence-corrected chi connectivity index (χ4v) is 2.70. The number of rotatable bonds is 7. The van der Waals surface area contributed by atoms with E-state index in [1.54, 1.807) is 0 Å². The van der Waals surface area contributed by atoms with Crippen LogP contribution in [0.15, 0.2) is 30.5 Å². The topological polar surface area (TPSA) is 64.2 Å². The Labute approximate surface area is 132 Å². The van der Waals surface area contributed by atoms with Gasteiger partial charge < -0.3 is 15.3 Å². The Morgan fingerprint density at radius 2 is 2.14 bits per heavy atom. The Kier molecular flexibility index (Phi) is 5.34. The summed E-state index contributed by atoms with van der Waals surface area (Å²) in [4.78, 5) is 1.98. The van der Waals surface area contributed by atoms with Crippen LogP contribution in [-0.2, 0) is 6.54 Å². The quantitative estimate of drug-likeness (QED) is 0.729. The number of aryl methyl sites for hydroxylation is 1. The van der Waals surface area contributed by atoms with E-state index in [9.17, 15) is 5.11 Å². The summed E-state index contributed by atoms with van der Waals surface area (Å²) < 4.78 is 0. The van der Waals surface area contributed by atoms with E-state index in [-0.39, 0.29) is 0 Å². The second kappa shape index (κ2) is 7.05. The maximum absolute atomic E-state index is 10.3. The molecule has 120 valence electrons. The van der Waals surface area contributed by atoms with Gasteiger partial charge in [0.15, 0.2) is 0 Å². The van der Waals surface area contributed by atoms with Crippen molar-refractivity contribution in [1.82, 2.24) is 20.4 Å². The van der Waals surface area contributed by atoms with E-state index >= 15 is 0 Å². The molecule has 0 aliphatic rings. The number of hydrogen-bond acceptors (Lipinski definition) is 4. The van der Waals surface area contributed by atoms with Crippen molar-refractivity contribution in [3.8, 4) is 11.3 Å². The number of hydrogen-bond donors (Lipinski definition) is 3. The van der Waals surface area contributed by atoms with Crippen LogP contribution in [0, 0.1) is 6.92 Å². The highest BCUT2D eigenvalue weighted by Gasteiger charge is 2.20.